The van der Waals surface area contributed by atoms with Crippen molar-refractivity contribution in [2.24, 2.45) is 0 Å². The number of carboxylic acid groups (broad SMARTS) is 1. The number of aromatic carboxylic acids is 1. The van der Waals surface area contributed by atoms with Crippen molar-refractivity contribution in [2.75, 3.05) is 5.32 Å². The molecule has 18 heavy (non-hydrogen) atoms. The monoisotopic (exact) mass is 249 g/mol. The summed E-state index contributed by atoms with van der Waals surface area (Å²) in [4.78, 5) is 24.6. The number of carbonyl (C=O) groups is 1. The van der Waals surface area contributed by atoms with Gasteiger partial charge in [0.05, 0.1) is 16.5 Å². The first kappa shape index (κ1) is 13.4. The van der Waals surface area contributed by atoms with Gasteiger partial charge < -0.3 is 10.4 Å². The Balaban J connectivity index is 3.16. The smallest absolute Gasteiger partial charge is 0.337 e. The highest BCUT2D eigenvalue weighted by Gasteiger charge is 2.20. The molecule has 0 bridgehead atoms. The molecule has 1 rings (SSSR count). The van der Waals surface area contributed by atoms with Crippen LogP contribution in [0.3, 0.4) is 0 Å². The van der Waals surface area contributed by atoms with Crippen LogP contribution in [0, 0.1) is 22.5 Å². The van der Waals surface area contributed by atoms with Crippen LogP contribution in [-0.2, 0) is 0 Å². The molecule has 0 saturated carbocycles. The lowest BCUT2D eigenvalue weighted by Gasteiger charge is -2.11. The van der Waals surface area contributed by atoms with E-state index in [1.165, 1.54) is 0 Å². The van der Waals surface area contributed by atoms with Crippen LogP contribution in [0.15, 0.2) is 12.3 Å². The normalized spacial score (nSPS) is 11.3. The van der Waals surface area contributed by atoms with Crippen LogP contribution >= 0.6 is 0 Å². The number of nitro groups is 1. The number of nitrogens with zero attached hydrogens (tertiary/aromatic N) is 2. The Morgan fingerprint density at radius 1 is 1.78 bits per heavy atom. The minimum absolute atomic E-state index is 0.0326. The molecule has 0 saturated heterocycles. The van der Waals surface area contributed by atoms with Gasteiger partial charge in [0, 0.05) is 12.3 Å². The van der Waals surface area contributed by atoms with Crippen molar-refractivity contribution in [3.63, 3.8) is 0 Å². The molecule has 1 aromatic heterocycles. The van der Waals surface area contributed by atoms with Gasteiger partial charge in [-0.3, -0.25) is 10.1 Å². The fraction of sp³-hybridized carbons (Fsp3) is 0.273. The molecule has 0 radical (unpaired) electrons. The van der Waals surface area contributed by atoms with Gasteiger partial charge in [0.1, 0.15) is 0 Å². The third-order valence-electron chi connectivity index (χ3n) is 2.23. The SMILES string of the molecule is C#CC(CC)Nc1ncc(C(=O)O)cc1[N+](=O)[O-]. The van der Waals surface area contributed by atoms with Crippen molar-refractivity contribution in [3.05, 3.63) is 27.9 Å². The summed E-state index contributed by atoms with van der Waals surface area (Å²) < 4.78 is 0. The minimum atomic E-state index is -1.28. The lowest BCUT2D eigenvalue weighted by molar-refractivity contribution is -0.384. The van der Waals surface area contributed by atoms with E-state index in [-0.39, 0.29) is 11.4 Å². The summed E-state index contributed by atoms with van der Waals surface area (Å²) in [6, 6.07) is 0.549. The molecule has 0 aliphatic carbocycles. The van der Waals surface area contributed by atoms with E-state index in [1.807, 2.05) is 6.92 Å². The second-order valence-electron chi connectivity index (χ2n) is 3.43. The summed E-state index contributed by atoms with van der Waals surface area (Å²) in [5.41, 5.74) is -0.662. The predicted molar refractivity (Wildman–Crippen MR) is 64.4 cm³/mol. The Hall–Kier alpha value is -2.62. The van der Waals surface area contributed by atoms with Crippen molar-refractivity contribution < 1.29 is 14.8 Å². The molecule has 0 aliphatic rings. The summed E-state index contributed by atoms with van der Waals surface area (Å²) in [5, 5.41) is 22.3. The predicted octanol–water partition coefficient (Wildman–Crippen LogP) is 1.51. The first-order valence-corrected chi connectivity index (χ1v) is 5.10. The van der Waals surface area contributed by atoms with E-state index in [4.69, 9.17) is 11.5 Å². The van der Waals surface area contributed by atoms with Crippen molar-refractivity contribution in [2.45, 2.75) is 19.4 Å². The number of carboxylic acids is 1. The van der Waals surface area contributed by atoms with Crippen LogP contribution < -0.4 is 5.32 Å². The standard InChI is InChI=1S/C11H11N3O4/c1-3-8(4-2)13-10-9(14(17)18)5-7(6-12-10)11(15)16/h1,5-6,8H,4H2,2H3,(H,12,13)(H,15,16). The molecule has 0 aromatic carbocycles. The summed E-state index contributed by atoms with van der Waals surface area (Å²) in [6.45, 7) is 1.81. The first-order chi connectivity index (χ1) is 8.49. The van der Waals surface area contributed by atoms with Crippen molar-refractivity contribution in [1.29, 1.82) is 0 Å². The van der Waals surface area contributed by atoms with Crippen molar-refractivity contribution >= 4 is 17.5 Å². The number of anilines is 1. The molecular formula is C11H11N3O4. The lowest BCUT2D eigenvalue weighted by atomic mass is 10.2. The van der Waals surface area contributed by atoms with Crippen molar-refractivity contribution in [3.8, 4) is 12.3 Å². The maximum Gasteiger partial charge on any atom is 0.337 e. The van der Waals surface area contributed by atoms with Crippen LogP contribution in [0.4, 0.5) is 11.5 Å². The number of terminal acetylenes is 1. The van der Waals surface area contributed by atoms with Gasteiger partial charge in [0.15, 0.2) is 0 Å². The van der Waals surface area contributed by atoms with E-state index in [2.05, 4.69) is 16.2 Å². The quantitative estimate of drug-likeness (QED) is 0.465. The molecule has 1 unspecified atom stereocenters. The van der Waals surface area contributed by atoms with Crippen LogP contribution in [0.1, 0.15) is 23.7 Å². The summed E-state index contributed by atoms with van der Waals surface area (Å²) >= 11 is 0. The Labute approximate surface area is 103 Å². The molecule has 2 N–H and O–H groups in total. The van der Waals surface area contributed by atoms with Gasteiger partial charge in [-0.25, -0.2) is 9.78 Å². The fourth-order valence-corrected chi connectivity index (χ4v) is 1.25. The Kier molecular flexibility index (Phi) is 4.21. The maximum absolute atomic E-state index is 10.8. The Morgan fingerprint density at radius 3 is 2.89 bits per heavy atom. The molecule has 1 heterocycles. The second kappa shape index (κ2) is 5.63. The fourth-order valence-electron chi connectivity index (χ4n) is 1.25. The number of pyridine rings is 1. The van der Waals surface area contributed by atoms with E-state index in [0.29, 0.717) is 6.42 Å². The van der Waals surface area contributed by atoms with Crippen LogP contribution in [0.5, 0.6) is 0 Å². The third-order valence-corrected chi connectivity index (χ3v) is 2.23. The minimum Gasteiger partial charge on any atom is -0.478 e. The molecule has 7 nitrogen and oxygen atoms in total. The van der Waals surface area contributed by atoms with Crippen LogP contribution in [-0.4, -0.2) is 27.0 Å². The second-order valence-corrected chi connectivity index (χ2v) is 3.43. The summed E-state index contributed by atoms with van der Waals surface area (Å²) in [5.74, 6) is 1.10. The Morgan fingerprint density at radius 2 is 2.44 bits per heavy atom. The number of hydrogen-bond acceptors (Lipinski definition) is 5. The molecular weight excluding hydrogens is 238 g/mol. The topological polar surface area (TPSA) is 105 Å². The van der Waals surface area contributed by atoms with E-state index in [0.717, 1.165) is 12.3 Å². The molecule has 0 aliphatic heterocycles. The van der Waals surface area contributed by atoms with E-state index < -0.39 is 22.6 Å². The number of aromatic nitrogens is 1. The van der Waals surface area contributed by atoms with Gasteiger partial charge in [0.2, 0.25) is 5.82 Å². The molecule has 7 heteroatoms. The third kappa shape index (κ3) is 2.95. The van der Waals surface area contributed by atoms with Gasteiger partial charge in [-0.05, 0) is 6.42 Å². The molecule has 0 spiro atoms. The van der Waals surface area contributed by atoms with E-state index in [1.54, 1.807) is 0 Å². The highest BCUT2D eigenvalue weighted by atomic mass is 16.6. The largest absolute Gasteiger partial charge is 0.478 e. The van der Waals surface area contributed by atoms with Gasteiger partial charge in [-0.1, -0.05) is 12.8 Å². The van der Waals surface area contributed by atoms with E-state index in [9.17, 15) is 14.9 Å². The average Bonchev–Trinajstić information content (AvgIpc) is 2.35. The van der Waals surface area contributed by atoms with Crippen LogP contribution in [0.2, 0.25) is 0 Å². The number of hydrogen-bond donors (Lipinski definition) is 2. The van der Waals surface area contributed by atoms with Gasteiger partial charge in [-0.2, -0.15) is 0 Å². The van der Waals surface area contributed by atoms with Gasteiger partial charge >= 0.3 is 11.7 Å². The zero-order valence-electron chi connectivity index (χ0n) is 9.58. The molecule has 94 valence electrons. The maximum atomic E-state index is 10.8. The Bertz CT molecular complexity index is 522. The number of rotatable bonds is 5. The molecule has 0 amide bonds. The number of nitrogens with one attached hydrogen (secondary N) is 1. The molecule has 1 atom stereocenters. The zero-order valence-corrected chi connectivity index (χ0v) is 9.58. The van der Waals surface area contributed by atoms with Gasteiger partial charge in [-0.15, -0.1) is 6.42 Å². The lowest BCUT2D eigenvalue weighted by Crippen LogP contribution is -2.18. The molecule has 1 aromatic rings. The highest BCUT2D eigenvalue weighted by Crippen LogP contribution is 2.23. The molecule has 0 fully saturated rings. The highest BCUT2D eigenvalue weighted by molar-refractivity contribution is 5.88. The van der Waals surface area contributed by atoms with Gasteiger partial charge in [0.25, 0.3) is 0 Å². The van der Waals surface area contributed by atoms with Crippen molar-refractivity contribution in [1.82, 2.24) is 4.98 Å². The zero-order chi connectivity index (χ0) is 13.7. The average molecular weight is 249 g/mol. The van der Waals surface area contributed by atoms with E-state index >= 15 is 0 Å². The first-order valence-electron chi connectivity index (χ1n) is 5.10. The van der Waals surface area contributed by atoms with Crippen LogP contribution in [0.25, 0.3) is 0 Å². The summed E-state index contributed by atoms with van der Waals surface area (Å²) in [7, 11) is 0. The summed E-state index contributed by atoms with van der Waals surface area (Å²) in [6.07, 6.45) is 6.84.